The molecule has 0 amide bonds. The van der Waals surface area contributed by atoms with Crippen molar-refractivity contribution >= 4 is 22.6 Å². The van der Waals surface area contributed by atoms with Gasteiger partial charge in [-0.3, -0.25) is 0 Å². The van der Waals surface area contributed by atoms with E-state index >= 15 is 0 Å². The van der Waals surface area contributed by atoms with E-state index in [1.165, 1.54) is 36.4 Å². The van der Waals surface area contributed by atoms with Gasteiger partial charge >= 0.3 is 0 Å². The molecule has 3 aromatic rings. The largest absolute Gasteiger partial charge is 0.459 e. The van der Waals surface area contributed by atoms with E-state index in [1.54, 1.807) is 6.07 Å². The zero-order valence-corrected chi connectivity index (χ0v) is 11.0. The van der Waals surface area contributed by atoms with Gasteiger partial charge in [0.05, 0.1) is 6.04 Å². The molecule has 0 aliphatic heterocycles. The first kappa shape index (κ1) is 13.1. The van der Waals surface area contributed by atoms with Crippen LogP contribution in [0.15, 0.2) is 46.9 Å². The molecule has 2 aromatic carbocycles. The summed E-state index contributed by atoms with van der Waals surface area (Å²) in [6, 6.07) is 9.09. The molecule has 0 aliphatic carbocycles. The summed E-state index contributed by atoms with van der Waals surface area (Å²) in [7, 11) is 0. The van der Waals surface area contributed by atoms with Crippen LogP contribution in [-0.4, -0.2) is 0 Å². The van der Waals surface area contributed by atoms with Crippen molar-refractivity contribution in [3.8, 4) is 0 Å². The van der Waals surface area contributed by atoms with Crippen LogP contribution < -0.4 is 5.73 Å². The van der Waals surface area contributed by atoms with E-state index in [-0.39, 0.29) is 11.4 Å². The second kappa shape index (κ2) is 4.89. The molecule has 102 valence electrons. The molecule has 2 nitrogen and oxygen atoms in total. The smallest absolute Gasteiger partial charge is 0.134 e. The highest BCUT2D eigenvalue weighted by Gasteiger charge is 2.18. The maximum absolute atomic E-state index is 13.8. The SMILES string of the molecule is NC(c1cc2cc(F)ccc2o1)c1cc(Cl)ccc1F. The molecule has 5 heteroatoms. The molecule has 0 fully saturated rings. The number of benzene rings is 2. The lowest BCUT2D eigenvalue weighted by molar-refractivity contribution is 0.510. The van der Waals surface area contributed by atoms with Gasteiger partial charge in [0.25, 0.3) is 0 Å². The van der Waals surface area contributed by atoms with Gasteiger partial charge in [-0.2, -0.15) is 0 Å². The Labute approximate surface area is 118 Å². The monoisotopic (exact) mass is 293 g/mol. The second-order valence-electron chi connectivity index (χ2n) is 4.47. The fourth-order valence-electron chi connectivity index (χ4n) is 2.09. The lowest BCUT2D eigenvalue weighted by Gasteiger charge is -2.10. The van der Waals surface area contributed by atoms with Gasteiger partial charge in [0.1, 0.15) is 23.0 Å². The van der Waals surface area contributed by atoms with Gasteiger partial charge in [-0.15, -0.1) is 0 Å². The van der Waals surface area contributed by atoms with Gasteiger partial charge in [0.2, 0.25) is 0 Å². The molecule has 0 saturated carbocycles. The van der Waals surface area contributed by atoms with E-state index in [4.69, 9.17) is 21.8 Å². The molecule has 0 bridgehead atoms. The number of halogens is 3. The molecule has 20 heavy (non-hydrogen) atoms. The predicted molar refractivity (Wildman–Crippen MR) is 73.6 cm³/mol. The summed E-state index contributed by atoms with van der Waals surface area (Å²) < 4.78 is 32.5. The van der Waals surface area contributed by atoms with Crippen LogP contribution >= 0.6 is 11.6 Å². The van der Waals surface area contributed by atoms with Gasteiger partial charge in [0, 0.05) is 16.0 Å². The Balaban J connectivity index is 2.07. The molecule has 0 aliphatic rings. The summed E-state index contributed by atoms with van der Waals surface area (Å²) in [5.74, 6) is -0.479. The molecule has 1 aromatic heterocycles. The minimum absolute atomic E-state index is 0.233. The Hall–Kier alpha value is -1.91. The summed E-state index contributed by atoms with van der Waals surface area (Å²) in [6.45, 7) is 0. The van der Waals surface area contributed by atoms with E-state index in [1.807, 2.05) is 0 Å². The fourth-order valence-corrected chi connectivity index (χ4v) is 2.27. The average Bonchev–Trinajstić information content (AvgIpc) is 2.83. The number of hydrogen-bond acceptors (Lipinski definition) is 2. The van der Waals surface area contributed by atoms with Crippen molar-refractivity contribution < 1.29 is 13.2 Å². The summed E-state index contributed by atoms with van der Waals surface area (Å²) in [4.78, 5) is 0. The lowest BCUT2D eigenvalue weighted by Crippen LogP contribution is -2.12. The molecule has 3 rings (SSSR count). The second-order valence-corrected chi connectivity index (χ2v) is 4.91. The number of fused-ring (bicyclic) bond motifs is 1. The van der Waals surface area contributed by atoms with Crippen molar-refractivity contribution in [1.29, 1.82) is 0 Å². The van der Waals surface area contributed by atoms with Gasteiger partial charge < -0.3 is 10.2 Å². The molecule has 1 unspecified atom stereocenters. The minimum atomic E-state index is -0.802. The average molecular weight is 294 g/mol. The molecular weight excluding hydrogens is 284 g/mol. The Morgan fingerprint density at radius 3 is 2.65 bits per heavy atom. The number of rotatable bonds is 2. The zero-order valence-electron chi connectivity index (χ0n) is 10.2. The van der Waals surface area contributed by atoms with E-state index in [2.05, 4.69) is 0 Å². The molecule has 0 radical (unpaired) electrons. The Morgan fingerprint density at radius 2 is 1.85 bits per heavy atom. The summed E-state index contributed by atoms with van der Waals surface area (Å²) in [6.07, 6.45) is 0. The minimum Gasteiger partial charge on any atom is -0.459 e. The molecule has 2 N–H and O–H groups in total. The molecule has 1 heterocycles. The van der Waals surface area contributed by atoms with Crippen molar-refractivity contribution in [3.63, 3.8) is 0 Å². The van der Waals surface area contributed by atoms with Crippen molar-refractivity contribution in [1.82, 2.24) is 0 Å². The van der Waals surface area contributed by atoms with E-state index in [0.29, 0.717) is 21.8 Å². The van der Waals surface area contributed by atoms with Gasteiger partial charge in [-0.05, 0) is 42.5 Å². The maximum atomic E-state index is 13.8. The number of furan rings is 1. The third kappa shape index (κ3) is 2.28. The summed E-state index contributed by atoms with van der Waals surface area (Å²) >= 11 is 5.85. The van der Waals surface area contributed by atoms with Gasteiger partial charge in [-0.25, -0.2) is 8.78 Å². The molecular formula is C15H10ClF2NO. The third-order valence-corrected chi connectivity index (χ3v) is 3.33. The van der Waals surface area contributed by atoms with Crippen molar-refractivity contribution in [3.05, 3.63) is 70.4 Å². The van der Waals surface area contributed by atoms with Crippen molar-refractivity contribution in [2.75, 3.05) is 0 Å². The van der Waals surface area contributed by atoms with Crippen LogP contribution in [0.2, 0.25) is 5.02 Å². The highest BCUT2D eigenvalue weighted by Crippen LogP contribution is 2.29. The Bertz CT molecular complexity index is 785. The number of nitrogens with two attached hydrogens (primary N) is 1. The zero-order chi connectivity index (χ0) is 14.3. The first-order chi connectivity index (χ1) is 9.54. The standard InChI is InChI=1S/C15H10ClF2NO/c16-9-1-3-12(18)11(7-9)15(19)14-6-8-5-10(17)2-4-13(8)20-14/h1-7,15H,19H2. The van der Waals surface area contributed by atoms with Crippen molar-refractivity contribution in [2.45, 2.75) is 6.04 Å². The van der Waals surface area contributed by atoms with Gasteiger partial charge in [-0.1, -0.05) is 11.6 Å². The third-order valence-electron chi connectivity index (χ3n) is 3.10. The van der Waals surface area contributed by atoms with Gasteiger partial charge in [0.15, 0.2) is 0 Å². The Kier molecular flexibility index (Phi) is 3.20. The highest BCUT2D eigenvalue weighted by molar-refractivity contribution is 6.30. The highest BCUT2D eigenvalue weighted by atomic mass is 35.5. The fraction of sp³-hybridized carbons (Fsp3) is 0.0667. The van der Waals surface area contributed by atoms with Crippen LogP contribution in [0.5, 0.6) is 0 Å². The van der Waals surface area contributed by atoms with Crippen LogP contribution in [0.4, 0.5) is 8.78 Å². The quantitative estimate of drug-likeness (QED) is 0.760. The molecule has 0 saturated heterocycles. The van der Waals surface area contributed by atoms with Crippen LogP contribution in [0, 0.1) is 11.6 Å². The molecule has 0 spiro atoms. The van der Waals surface area contributed by atoms with Crippen LogP contribution in [0.1, 0.15) is 17.4 Å². The van der Waals surface area contributed by atoms with Crippen molar-refractivity contribution in [2.24, 2.45) is 5.73 Å². The topological polar surface area (TPSA) is 39.2 Å². The van der Waals surface area contributed by atoms with Crippen LogP contribution in [0.25, 0.3) is 11.0 Å². The first-order valence-electron chi connectivity index (χ1n) is 5.94. The summed E-state index contributed by atoms with van der Waals surface area (Å²) in [5, 5.41) is 0.969. The van der Waals surface area contributed by atoms with Crippen LogP contribution in [-0.2, 0) is 0 Å². The van der Waals surface area contributed by atoms with Crippen LogP contribution in [0.3, 0.4) is 0 Å². The number of hydrogen-bond donors (Lipinski definition) is 1. The normalized spacial score (nSPS) is 12.8. The summed E-state index contributed by atoms with van der Waals surface area (Å²) in [5.41, 5.74) is 6.73. The predicted octanol–water partition coefficient (Wildman–Crippen LogP) is 4.41. The van der Waals surface area contributed by atoms with E-state index in [9.17, 15) is 8.78 Å². The maximum Gasteiger partial charge on any atom is 0.134 e. The van der Waals surface area contributed by atoms with E-state index in [0.717, 1.165) is 0 Å². The first-order valence-corrected chi connectivity index (χ1v) is 6.32. The van der Waals surface area contributed by atoms with E-state index < -0.39 is 11.9 Å². The molecule has 1 atom stereocenters. The lowest BCUT2D eigenvalue weighted by atomic mass is 10.0. The Morgan fingerprint density at radius 1 is 1.05 bits per heavy atom.